The van der Waals surface area contributed by atoms with Crippen LogP contribution in [0.15, 0.2) is 47.3 Å². The number of carbonyl (C=O) groups excluding carboxylic acids is 1. The van der Waals surface area contributed by atoms with E-state index in [1.165, 1.54) is 7.11 Å². The van der Waals surface area contributed by atoms with Gasteiger partial charge in [-0.1, -0.05) is 18.2 Å². The van der Waals surface area contributed by atoms with E-state index in [1.54, 1.807) is 18.2 Å². The Morgan fingerprint density at radius 3 is 2.79 bits per heavy atom. The summed E-state index contributed by atoms with van der Waals surface area (Å²) in [6.45, 7) is 5.62. The van der Waals surface area contributed by atoms with E-state index >= 15 is 0 Å². The first-order valence-electron chi connectivity index (χ1n) is 11.3. The summed E-state index contributed by atoms with van der Waals surface area (Å²) in [4.78, 5) is 30.1. The summed E-state index contributed by atoms with van der Waals surface area (Å²) in [6, 6.07) is 13.1. The predicted octanol–water partition coefficient (Wildman–Crippen LogP) is 4.31. The van der Waals surface area contributed by atoms with Crippen LogP contribution in [0.25, 0.3) is 10.9 Å². The molecule has 1 unspecified atom stereocenters. The summed E-state index contributed by atoms with van der Waals surface area (Å²) in [6.07, 6.45) is 1.96. The molecule has 1 aliphatic rings. The van der Waals surface area contributed by atoms with Crippen LogP contribution in [0.4, 0.5) is 5.69 Å². The first kappa shape index (κ1) is 23.9. The Morgan fingerprint density at radius 2 is 2.06 bits per heavy atom. The lowest BCUT2D eigenvalue weighted by atomic mass is 10.0. The highest BCUT2D eigenvalue weighted by Gasteiger charge is 2.23. The average Bonchev–Trinajstić information content (AvgIpc) is 3.32. The number of nitrogens with one attached hydrogen (secondary N) is 2. The van der Waals surface area contributed by atoms with Crippen LogP contribution in [0.3, 0.4) is 0 Å². The van der Waals surface area contributed by atoms with Gasteiger partial charge in [0.15, 0.2) is 5.11 Å². The monoisotopic (exact) mass is 479 g/mol. The molecular formula is C26H29N3O4S. The highest BCUT2D eigenvalue weighted by atomic mass is 32.1. The van der Waals surface area contributed by atoms with Crippen molar-refractivity contribution in [1.82, 2.24) is 9.88 Å². The van der Waals surface area contributed by atoms with Crippen molar-refractivity contribution >= 4 is 39.9 Å². The summed E-state index contributed by atoms with van der Waals surface area (Å²) in [5.41, 5.74) is 4.43. The number of methoxy groups -OCH3 is 1. The van der Waals surface area contributed by atoms with Crippen LogP contribution in [0.1, 0.15) is 39.9 Å². The van der Waals surface area contributed by atoms with Crippen molar-refractivity contribution in [2.45, 2.75) is 39.3 Å². The molecule has 1 fully saturated rings. The molecule has 2 heterocycles. The van der Waals surface area contributed by atoms with Gasteiger partial charge in [0.1, 0.15) is 0 Å². The fraction of sp³-hybridized carbons (Fsp3) is 0.346. The molecule has 7 nitrogen and oxygen atoms in total. The third-order valence-electron chi connectivity index (χ3n) is 6.06. The average molecular weight is 480 g/mol. The predicted molar refractivity (Wildman–Crippen MR) is 137 cm³/mol. The molecule has 1 aliphatic heterocycles. The number of esters is 1. The maximum absolute atomic E-state index is 13.0. The number of benzene rings is 2. The fourth-order valence-electron chi connectivity index (χ4n) is 4.37. The zero-order valence-corrected chi connectivity index (χ0v) is 20.5. The Bertz CT molecular complexity index is 1280. The van der Waals surface area contributed by atoms with Gasteiger partial charge in [0.25, 0.3) is 5.56 Å². The van der Waals surface area contributed by atoms with Gasteiger partial charge in [0.05, 0.1) is 31.0 Å². The number of hydrogen-bond acceptors (Lipinski definition) is 5. The lowest BCUT2D eigenvalue weighted by molar-refractivity contribution is 0.0602. The number of nitrogens with zero attached hydrogens (tertiary/aromatic N) is 1. The van der Waals surface area contributed by atoms with Crippen molar-refractivity contribution in [1.29, 1.82) is 0 Å². The molecule has 4 rings (SSSR count). The van der Waals surface area contributed by atoms with Gasteiger partial charge in [-0.15, -0.1) is 0 Å². The molecule has 34 heavy (non-hydrogen) atoms. The van der Waals surface area contributed by atoms with Crippen molar-refractivity contribution in [3.8, 4) is 0 Å². The number of carbonyl (C=O) groups is 1. The van der Waals surface area contributed by atoms with Crippen molar-refractivity contribution in [2.24, 2.45) is 0 Å². The Hall–Kier alpha value is -3.23. The molecule has 2 aromatic carbocycles. The molecule has 3 aromatic rings. The molecule has 1 aromatic heterocycles. The maximum atomic E-state index is 13.0. The topological polar surface area (TPSA) is 83.7 Å². The van der Waals surface area contributed by atoms with E-state index < -0.39 is 5.97 Å². The summed E-state index contributed by atoms with van der Waals surface area (Å²) >= 11 is 5.75. The van der Waals surface area contributed by atoms with Crippen molar-refractivity contribution < 1.29 is 14.3 Å². The SMILES string of the molecule is COC(=O)c1ccccc1NC(=S)N(Cc1cc2c(C)cc(C)cc2[nH]c1=O)CC1CCCO1. The normalized spacial score (nSPS) is 15.3. The Labute approximate surface area is 204 Å². The van der Waals surface area contributed by atoms with E-state index in [1.807, 2.05) is 36.9 Å². The number of hydrogen-bond donors (Lipinski definition) is 2. The molecule has 8 heteroatoms. The minimum absolute atomic E-state index is 0.0273. The zero-order chi connectivity index (χ0) is 24.2. The zero-order valence-electron chi connectivity index (χ0n) is 19.6. The largest absolute Gasteiger partial charge is 0.465 e. The number of pyridine rings is 1. The third-order valence-corrected chi connectivity index (χ3v) is 6.42. The van der Waals surface area contributed by atoms with Crippen LogP contribution in [0.5, 0.6) is 0 Å². The minimum Gasteiger partial charge on any atom is -0.465 e. The number of aromatic nitrogens is 1. The maximum Gasteiger partial charge on any atom is 0.339 e. The highest BCUT2D eigenvalue weighted by molar-refractivity contribution is 7.80. The number of rotatable bonds is 6. The summed E-state index contributed by atoms with van der Waals surface area (Å²) in [5, 5.41) is 4.60. The molecule has 1 saturated heterocycles. The molecule has 0 spiro atoms. The summed E-state index contributed by atoms with van der Waals surface area (Å²) in [5.74, 6) is -0.451. The fourth-order valence-corrected chi connectivity index (χ4v) is 4.62. The number of fused-ring (bicyclic) bond motifs is 1. The van der Waals surface area contributed by atoms with Crippen LogP contribution in [0, 0.1) is 13.8 Å². The van der Waals surface area contributed by atoms with Gasteiger partial charge in [-0.2, -0.15) is 0 Å². The summed E-state index contributed by atoms with van der Waals surface area (Å²) < 4.78 is 10.7. The molecule has 0 saturated carbocycles. The van der Waals surface area contributed by atoms with Gasteiger partial charge in [-0.3, -0.25) is 4.79 Å². The van der Waals surface area contributed by atoms with E-state index in [2.05, 4.69) is 16.4 Å². The van der Waals surface area contributed by atoms with Gasteiger partial charge in [-0.05, 0) is 74.3 Å². The van der Waals surface area contributed by atoms with Gasteiger partial charge >= 0.3 is 5.97 Å². The Morgan fingerprint density at radius 1 is 1.26 bits per heavy atom. The second kappa shape index (κ2) is 10.4. The van der Waals surface area contributed by atoms with E-state index in [0.717, 1.165) is 41.5 Å². The molecular weight excluding hydrogens is 450 g/mol. The van der Waals surface area contributed by atoms with E-state index in [0.29, 0.717) is 35.0 Å². The number of thiocarbonyl (C=S) groups is 1. The number of para-hydroxylation sites is 1. The number of aromatic amines is 1. The molecule has 0 amide bonds. The van der Waals surface area contributed by atoms with Crippen molar-refractivity contribution in [3.05, 3.63) is 75.1 Å². The number of anilines is 1. The van der Waals surface area contributed by atoms with Gasteiger partial charge < -0.3 is 24.7 Å². The number of ether oxygens (including phenoxy) is 2. The standard InChI is InChI=1S/C26H29N3O4S/c1-16-11-17(2)21-13-18(24(30)27-23(21)12-16)14-29(15-19-7-6-10-33-19)26(34)28-22-9-5-4-8-20(22)25(31)32-3/h4-5,8-9,11-13,19H,6-7,10,14-15H2,1-3H3,(H,27,30)(H,28,34). The molecule has 0 bridgehead atoms. The Balaban J connectivity index is 1.64. The minimum atomic E-state index is -0.451. The summed E-state index contributed by atoms with van der Waals surface area (Å²) in [7, 11) is 1.34. The van der Waals surface area contributed by atoms with Crippen molar-refractivity contribution in [3.63, 3.8) is 0 Å². The second-order valence-electron chi connectivity index (χ2n) is 8.65. The van der Waals surface area contributed by atoms with Gasteiger partial charge in [0.2, 0.25) is 0 Å². The lowest BCUT2D eigenvalue weighted by Crippen LogP contribution is -2.40. The van der Waals surface area contributed by atoms with E-state index in [4.69, 9.17) is 21.7 Å². The smallest absolute Gasteiger partial charge is 0.339 e. The molecule has 1 atom stereocenters. The van der Waals surface area contributed by atoms with E-state index in [9.17, 15) is 9.59 Å². The quantitative estimate of drug-likeness (QED) is 0.403. The molecule has 0 radical (unpaired) electrons. The molecule has 0 aliphatic carbocycles. The second-order valence-corrected chi connectivity index (χ2v) is 9.04. The van der Waals surface area contributed by atoms with Crippen LogP contribution in [-0.2, 0) is 16.0 Å². The molecule has 178 valence electrons. The number of aryl methyl sites for hydroxylation is 2. The van der Waals surface area contributed by atoms with Gasteiger partial charge in [0, 0.05) is 29.6 Å². The van der Waals surface area contributed by atoms with Crippen LogP contribution < -0.4 is 10.9 Å². The van der Waals surface area contributed by atoms with Gasteiger partial charge in [-0.25, -0.2) is 4.79 Å². The van der Waals surface area contributed by atoms with Crippen LogP contribution >= 0.6 is 12.2 Å². The molecule has 2 N–H and O–H groups in total. The van der Waals surface area contributed by atoms with Crippen LogP contribution in [0.2, 0.25) is 0 Å². The number of H-pyrrole nitrogens is 1. The van der Waals surface area contributed by atoms with Crippen molar-refractivity contribution in [2.75, 3.05) is 25.6 Å². The van der Waals surface area contributed by atoms with E-state index in [-0.39, 0.29) is 11.7 Å². The first-order chi connectivity index (χ1) is 16.4. The lowest BCUT2D eigenvalue weighted by Gasteiger charge is -2.28. The van der Waals surface area contributed by atoms with Crippen LogP contribution in [-0.4, -0.2) is 47.3 Å². The first-order valence-corrected chi connectivity index (χ1v) is 11.7. The highest BCUT2D eigenvalue weighted by Crippen LogP contribution is 2.22. The Kier molecular flexibility index (Phi) is 7.29. The third kappa shape index (κ3) is 5.29.